The zero-order valence-corrected chi connectivity index (χ0v) is 13.5. The summed E-state index contributed by atoms with van der Waals surface area (Å²) in [5.74, 6) is 0.613. The highest BCUT2D eigenvalue weighted by Gasteiger charge is 2.08. The highest BCUT2D eigenvalue weighted by Crippen LogP contribution is 2.23. The molecule has 116 valence electrons. The first kappa shape index (κ1) is 15.4. The van der Waals surface area contributed by atoms with Gasteiger partial charge in [0.05, 0.1) is 11.2 Å². The van der Waals surface area contributed by atoms with E-state index in [1.165, 1.54) is 11.8 Å². The van der Waals surface area contributed by atoms with E-state index < -0.39 is 0 Å². The van der Waals surface area contributed by atoms with Crippen LogP contribution in [0.3, 0.4) is 0 Å². The maximum Gasteiger partial charge on any atom is 0.225 e. The van der Waals surface area contributed by atoms with E-state index in [1.807, 2.05) is 37.3 Å². The summed E-state index contributed by atoms with van der Waals surface area (Å²) in [7, 11) is 0. The van der Waals surface area contributed by atoms with E-state index in [1.54, 1.807) is 18.5 Å². The summed E-state index contributed by atoms with van der Waals surface area (Å²) in [6.45, 7) is 1.92. The molecule has 0 saturated heterocycles. The number of benzene rings is 1. The van der Waals surface area contributed by atoms with Crippen LogP contribution < -0.4 is 5.32 Å². The number of carbonyl (C=O) groups is 1. The van der Waals surface area contributed by atoms with Crippen LogP contribution in [-0.2, 0) is 4.79 Å². The fourth-order valence-electron chi connectivity index (χ4n) is 2.22. The zero-order valence-electron chi connectivity index (χ0n) is 12.7. The molecule has 2 heterocycles. The lowest BCUT2D eigenvalue weighted by Gasteiger charge is -2.09. The van der Waals surface area contributed by atoms with Gasteiger partial charge in [-0.1, -0.05) is 30.0 Å². The van der Waals surface area contributed by atoms with Crippen molar-refractivity contribution in [2.45, 2.75) is 18.5 Å². The Morgan fingerprint density at radius 2 is 1.96 bits per heavy atom. The minimum atomic E-state index is -0.0239. The van der Waals surface area contributed by atoms with Gasteiger partial charge < -0.3 is 5.32 Å². The number of aryl methyl sites for hydroxylation is 1. The second-order valence-electron chi connectivity index (χ2n) is 5.01. The average Bonchev–Trinajstić information content (AvgIpc) is 2.55. The Bertz CT molecular complexity index is 823. The molecule has 2 aromatic heterocycles. The number of hydrogen-bond donors (Lipinski definition) is 1. The fraction of sp³-hybridized carbons (Fsp3) is 0.176. The summed E-state index contributed by atoms with van der Waals surface area (Å²) < 4.78 is 0. The number of thioether (sulfide) groups is 1. The van der Waals surface area contributed by atoms with Gasteiger partial charge in [-0.05, 0) is 25.1 Å². The van der Waals surface area contributed by atoms with Crippen LogP contribution in [-0.4, -0.2) is 26.6 Å². The predicted octanol–water partition coefficient (Wildman–Crippen LogP) is 3.45. The number of nitrogens with one attached hydrogen (secondary N) is 1. The summed E-state index contributed by atoms with van der Waals surface area (Å²) in [6, 6.07) is 11.5. The lowest BCUT2D eigenvalue weighted by molar-refractivity contribution is -0.115. The second kappa shape index (κ2) is 7.19. The number of nitrogens with zero attached hydrogens (tertiary/aromatic N) is 3. The lowest BCUT2D eigenvalue weighted by atomic mass is 10.1. The highest BCUT2D eigenvalue weighted by molar-refractivity contribution is 7.99. The Labute approximate surface area is 138 Å². The molecule has 0 spiro atoms. The molecule has 1 aromatic carbocycles. The van der Waals surface area contributed by atoms with Gasteiger partial charge in [0.1, 0.15) is 0 Å². The standard InChI is InChI=1S/C17H16N4OS/c1-12-11-15(13-5-2-3-6-14(13)20-12)21-16(22)7-10-23-17-18-8-4-9-19-17/h2-6,8-9,11H,7,10H2,1H3,(H,20,21,22). The third-order valence-electron chi connectivity index (χ3n) is 3.22. The Kier molecular flexibility index (Phi) is 4.83. The number of hydrogen-bond acceptors (Lipinski definition) is 5. The van der Waals surface area contributed by atoms with Crippen molar-refractivity contribution in [3.05, 3.63) is 54.5 Å². The normalized spacial score (nSPS) is 10.7. The molecule has 0 aliphatic carbocycles. The minimum Gasteiger partial charge on any atom is -0.325 e. The van der Waals surface area contributed by atoms with Crippen molar-refractivity contribution in [1.29, 1.82) is 0 Å². The van der Waals surface area contributed by atoms with Gasteiger partial charge in [0.2, 0.25) is 5.91 Å². The van der Waals surface area contributed by atoms with E-state index in [0.29, 0.717) is 17.3 Å². The third kappa shape index (κ3) is 4.04. The van der Waals surface area contributed by atoms with Crippen molar-refractivity contribution >= 4 is 34.3 Å². The molecular weight excluding hydrogens is 308 g/mol. The maximum absolute atomic E-state index is 12.2. The molecule has 0 aliphatic heterocycles. The first-order valence-corrected chi connectivity index (χ1v) is 8.27. The van der Waals surface area contributed by atoms with Crippen LogP contribution in [0.1, 0.15) is 12.1 Å². The number of carbonyl (C=O) groups excluding carboxylic acids is 1. The van der Waals surface area contributed by atoms with Gasteiger partial charge in [0.15, 0.2) is 5.16 Å². The van der Waals surface area contributed by atoms with E-state index in [9.17, 15) is 4.79 Å². The summed E-state index contributed by atoms with van der Waals surface area (Å²) >= 11 is 1.47. The van der Waals surface area contributed by atoms with E-state index in [0.717, 1.165) is 22.3 Å². The van der Waals surface area contributed by atoms with E-state index in [4.69, 9.17) is 0 Å². The Morgan fingerprint density at radius 3 is 2.78 bits per heavy atom. The predicted molar refractivity (Wildman–Crippen MR) is 92.5 cm³/mol. The van der Waals surface area contributed by atoms with Gasteiger partial charge >= 0.3 is 0 Å². The lowest BCUT2D eigenvalue weighted by Crippen LogP contribution is -2.13. The monoisotopic (exact) mass is 324 g/mol. The summed E-state index contributed by atoms with van der Waals surface area (Å²) in [5, 5.41) is 4.61. The molecule has 3 aromatic rings. The van der Waals surface area contributed by atoms with Crippen molar-refractivity contribution in [2.24, 2.45) is 0 Å². The molecule has 0 atom stereocenters. The largest absolute Gasteiger partial charge is 0.325 e. The van der Waals surface area contributed by atoms with Gasteiger partial charge in [-0.15, -0.1) is 0 Å². The number of para-hydroxylation sites is 1. The Balaban J connectivity index is 1.64. The first-order valence-electron chi connectivity index (χ1n) is 7.28. The van der Waals surface area contributed by atoms with Gasteiger partial charge in [-0.25, -0.2) is 9.97 Å². The second-order valence-corrected chi connectivity index (χ2v) is 6.07. The molecule has 0 fully saturated rings. The van der Waals surface area contributed by atoms with E-state index >= 15 is 0 Å². The molecule has 0 bridgehead atoms. The SMILES string of the molecule is Cc1cc(NC(=O)CCSc2ncccn2)c2ccccc2n1. The van der Waals surface area contributed by atoms with Crippen molar-refractivity contribution in [2.75, 3.05) is 11.1 Å². The smallest absolute Gasteiger partial charge is 0.225 e. The first-order chi connectivity index (χ1) is 11.2. The molecule has 0 aliphatic rings. The van der Waals surface area contributed by atoms with Crippen LogP contribution in [0.5, 0.6) is 0 Å². The van der Waals surface area contributed by atoms with E-state index in [2.05, 4.69) is 20.3 Å². The molecule has 0 radical (unpaired) electrons. The summed E-state index contributed by atoms with van der Waals surface area (Å²) in [5.41, 5.74) is 2.57. The highest BCUT2D eigenvalue weighted by atomic mass is 32.2. The molecule has 5 nitrogen and oxygen atoms in total. The minimum absolute atomic E-state index is 0.0239. The average molecular weight is 324 g/mol. The maximum atomic E-state index is 12.2. The molecule has 6 heteroatoms. The molecule has 23 heavy (non-hydrogen) atoms. The van der Waals surface area contributed by atoms with Crippen molar-refractivity contribution in [3.63, 3.8) is 0 Å². The number of pyridine rings is 1. The van der Waals surface area contributed by atoms with Crippen LogP contribution in [0, 0.1) is 6.92 Å². The molecule has 3 rings (SSSR count). The third-order valence-corrected chi connectivity index (χ3v) is 4.10. The van der Waals surface area contributed by atoms with Crippen LogP contribution in [0.15, 0.2) is 53.9 Å². The number of fused-ring (bicyclic) bond motifs is 1. The van der Waals surface area contributed by atoms with Crippen molar-refractivity contribution in [1.82, 2.24) is 15.0 Å². The van der Waals surface area contributed by atoms with Crippen LogP contribution >= 0.6 is 11.8 Å². The van der Waals surface area contributed by atoms with Crippen molar-refractivity contribution in [3.8, 4) is 0 Å². The molecule has 1 amide bonds. The molecule has 0 saturated carbocycles. The van der Waals surface area contributed by atoms with Gasteiger partial charge in [0.25, 0.3) is 0 Å². The Hall–Kier alpha value is -2.47. The van der Waals surface area contributed by atoms with Crippen LogP contribution in [0.4, 0.5) is 5.69 Å². The van der Waals surface area contributed by atoms with Crippen molar-refractivity contribution < 1.29 is 4.79 Å². The molecular formula is C17H16N4OS. The molecule has 0 unspecified atom stereocenters. The topological polar surface area (TPSA) is 67.8 Å². The zero-order chi connectivity index (χ0) is 16.1. The summed E-state index contributed by atoms with van der Waals surface area (Å²) in [4.78, 5) is 24.9. The van der Waals surface area contributed by atoms with Gasteiger partial charge in [0, 0.05) is 35.6 Å². The van der Waals surface area contributed by atoms with Crippen LogP contribution in [0.2, 0.25) is 0 Å². The number of amides is 1. The molecule has 1 N–H and O–H groups in total. The quantitative estimate of drug-likeness (QED) is 0.575. The summed E-state index contributed by atoms with van der Waals surface area (Å²) in [6.07, 6.45) is 3.79. The Morgan fingerprint density at radius 1 is 1.17 bits per heavy atom. The van der Waals surface area contributed by atoms with Gasteiger partial charge in [-0.2, -0.15) is 0 Å². The fourth-order valence-corrected chi connectivity index (χ4v) is 2.96. The number of anilines is 1. The number of aromatic nitrogens is 3. The van der Waals surface area contributed by atoms with Gasteiger partial charge in [-0.3, -0.25) is 9.78 Å². The van der Waals surface area contributed by atoms with Crippen LogP contribution in [0.25, 0.3) is 10.9 Å². The van der Waals surface area contributed by atoms with E-state index in [-0.39, 0.29) is 5.91 Å². The number of rotatable bonds is 5.